The number of nitrogen functional groups attached to an aromatic ring is 1. The summed E-state index contributed by atoms with van der Waals surface area (Å²) >= 11 is 0. The molecular formula is C24H36FN7O. The number of aromatic nitrogens is 3. The maximum atomic E-state index is 14.2. The van der Waals surface area contributed by atoms with Crippen molar-refractivity contribution in [2.24, 2.45) is 0 Å². The number of nitrogens with two attached hydrogens (primary N) is 1. The van der Waals surface area contributed by atoms with Gasteiger partial charge in [-0.25, -0.2) is 4.39 Å². The number of likely N-dealkylation sites (tertiary alicyclic amines) is 1. The number of nitrogens with zero attached hydrogens (tertiary/aromatic N) is 5. The van der Waals surface area contributed by atoms with E-state index < -0.39 is 5.82 Å². The predicted molar refractivity (Wildman–Crippen MR) is 130 cm³/mol. The lowest BCUT2D eigenvalue weighted by Crippen LogP contribution is -2.46. The topological polar surface area (TPSA) is 92.4 Å². The molecule has 1 aromatic carbocycles. The number of anilines is 4. The molecule has 1 aromatic heterocycles. The van der Waals surface area contributed by atoms with Crippen molar-refractivity contribution in [3.63, 3.8) is 0 Å². The molecule has 1 aliphatic heterocycles. The quantitative estimate of drug-likeness (QED) is 0.565. The lowest BCUT2D eigenvalue weighted by molar-refractivity contribution is 0.262. The highest BCUT2D eigenvalue weighted by Gasteiger charge is 2.30. The molecule has 3 N–H and O–H groups in total. The maximum absolute atomic E-state index is 14.2. The number of benzene rings is 1. The Labute approximate surface area is 195 Å². The number of halogens is 1. The molecule has 0 bridgehead atoms. The number of hydrogen-bond acceptors (Lipinski definition) is 8. The summed E-state index contributed by atoms with van der Waals surface area (Å²) in [5.41, 5.74) is 6.64. The second-order valence-electron chi connectivity index (χ2n) is 9.01. The van der Waals surface area contributed by atoms with E-state index in [1.54, 1.807) is 12.1 Å². The zero-order chi connectivity index (χ0) is 23.2. The van der Waals surface area contributed by atoms with Crippen LogP contribution in [-0.4, -0.2) is 58.7 Å². The van der Waals surface area contributed by atoms with Crippen molar-refractivity contribution in [2.45, 2.75) is 70.4 Å². The lowest BCUT2D eigenvalue weighted by Gasteiger charge is -2.36. The molecule has 1 aliphatic carbocycles. The third kappa shape index (κ3) is 5.82. The van der Waals surface area contributed by atoms with E-state index in [1.807, 2.05) is 0 Å². The minimum atomic E-state index is -0.453. The SMILES string of the molecule is CCN1CCC[C@@H]1CN(c1nc(N)nc(Nc2ccc(OC)c(F)c2)n1)C1CCCCCC1. The summed E-state index contributed by atoms with van der Waals surface area (Å²) < 4.78 is 19.2. The fraction of sp³-hybridized carbons (Fsp3) is 0.625. The Morgan fingerprint density at radius 1 is 1.12 bits per heavy atom. The van der Waals surface area contributed by atoms with Gasteiger partial charge in [0.05, 0.1) is 7.11 Å². The summed E-state index contributed by atoms with van der Waals surface area (Å²) in [6, 6.07) is 5.53. The van der Waals surface area contributed by atoms with Crippen LogP contribution in [0, 0.1) is 5.82 Å². The molecule has 2 heterocycles. The molecule has 1 saturated carbocycles. The summed E-state index contributed by atoms with van der Waals surface area (Å²) in [6.07, 6.45) is 9.70. The summed E-state index contributed by atoms with van der Waals surface area (Å²) in [5, 5.41) is 3.09. The van der Waals surface area contributed by atoms with E-state index in [0.717, 1.165) is 32.5 Å². The molecule has 0 unspecified atom stereocenters. The van der Waals surface area contributed by atoms with Crippen LogP contribution in [0.25, 0.3) is 0 Å². The molecule has 4 rings (SSSR count). The van der Waals surface area contributed by atoms with Crippen LogP contribution in [-0.2, 0) is 0 Å². The van der Waals surface area contributed by atoms with Gasteiger partial charge in [0.1, 0.15) is 0 Å². The second kappa shape index (κ2) is 11.0. The van der Waals surface area contributed by atoms with E-state index in [1.165, 1.54) is 51.7 Å². The highest BCUT2D eigenvalue weighted by Crippen LogP contribution is 2.29. The van der Waals surface area contributed by atoms with Gasteiger partial charge in [-0.05, 0) is 50.9 Å². The summed E-state index contributed by atoms with van der Waals surface area (Å²) in [6.45, 7) is 5.32. The Hall–Kier alpha value is -2.68. The molecule has 2 aliphatic rings. The first-order chi connectivity index (χ1) is 16.1. The maximum Gasteiger partial charge on any atom is 0.233 e. The molecule has 9 heteroatoms. The Morgan fingerprint density at radius 3 is 2.61 bits per heavy atom. The Bertz CT molecular complexity index is 920. The molecule has 0 amide bonds. The zero-order valence-corrected chi connectivity index (χ0v) is 19.8. The number of hydrogen-bond donors (Lipinski definition) is 2. The number of ether oxygens (including phenoxy) is 1. The molecule has 180 valence electrons. The van der Waals surface area contributed by atoms with Crippen LogP contribution in [0.4, 0.5) is 27.9 Å². The van der Waals surface area contributed by atoms with Gasteiger partial charge in [0.25, 0.3) is 0 Å². The first kappa shape index (κ1) is 23.5. The van der Waals surface area contributed by atoms with Crippen LogP contribution in [0.15, 0.2) is 18.2 Å². The van der Waals surface area contributed by atoms with Gasteiger partial charge < -0.3 is 20.7 Å². The fourth-order valence-electron chi connectivity index (χ4n) is 5.15. The van der Waals surface area contributed by atoms with Crippen molar-refractivity contribution >= 4 is 23.5 Å². The minimum absolute atomic E-state index is 0.161. The van der Waals surface area contributed by atoms with Gasteiger partial charge in [0.2, 0.25) is 17.8 Å². The van der Waals surface area contributed by atoms with E-state index >= 15 is 0 Å². The molecular weight excluding hydrogens is 421 g/mol. The second-order valence-corrected chi connectivity index (χ2v) is 9.01. The standard InChI is InChI=1S/C24H36FN7O/c1-3-31-14-8-11-19(31)16-32(18-9-6-4-5-7-10-18)24-29-22(26)28-23(30-24)27-17-12-13-21(33-2)20(25)15-17/h12-13,15,18-19H,3-11,14,16H2,1-2H3,(H3,26,27,28,29,30)/t19-/m1/s1. The Morgan fingerprint density at radius 2 is 1.91 bits per heavy atom. The molecule has 1 saturated heterocycles. The van der Waals surface area contributed by atoms with Crippen molar-refractivity contribution in [3.8, 4) is 5.75 Å². The molecule has 0 radical (unpaired) electrons. The van der Waals surface area contributed by atoms with E-state index in [0.29, 0.717) is 29.7 Å². The largest absolute Gasteiger partial charge is 0.494 e. The monoisotopic (exact) mass is 457 g/mol. The fourth-order valence-corrected chi connectivity index (χ4v) is 5.15. The van der Waals surface area contributed by atoms with Crippen molar-refractivity contribution in [1.82, 2.24) is 19.9 Å². The predicted octanol–water partition coefficient (Wildman–Crippen LogP) is 4.36. The molecule has 33 heavy (non-hydrogen) atoms. The number of nitrogens with one attached hydrogen (secondary N) is 1. The third-order valence-corrected chi connectivity index (χ3v) is 6.88. The highest BCUT2D eigenvalue weighted by molar-refractivity contribution is 5.57. The van der Waals surface area contributed by atoms with Gasteiger partial charge in [0, 0.05) is 30.4 Å². The highest BCUT2D eigenvalue weighted by atomic mass is 19.1. The lowest BCUT2D eigenvalue weighted by atomic mass is 10.1. The first-order valence-corrected chi connectivity index (χ1v) is 12.2. The molecule has 1 atom stereocenters. The van der Waals surface area contributed by atoms with E-state index in [9.17, 15) is 4.39 Å². The Kier molecular flexibility index (Phi) is 7.80. The average molecular weight is 458 g/mol. The van der Waals surface area contributed by atoms with Crippen LogP contribution in [0.1, 0.15) is 58.3 Å². The van der Waals surface area contributed by atoms with Gasteiger partial charge in [-0.3, -0.25) is 4.90 Å². The molecule has 2 fully saturated rings. The van der Waals surface area contributed by atoms with Crippen LogP contribution < -0.4 is 20.7 Å². The van der Waals surface area contributed by atoms with Crippen LogP contribution in [0.2, 0.25) is 0 Å². The van der Waals surface area contributed by atoms with Gasteiger partial charge in [0.15, 0.2) is 11.6 Å². The molecule has 2 aromatic rings. The zero-order valence-electron chi connectivity index (χ0n) is 19.8. The third-order valence-electron chi connectivity index (χ3n) is 6.88. The van der Waals surface area contributed by atoms with Crippen molar-refractivity contribution < 1.29 is 9.13 Å². The summed E-state index contributed by atoms with van der Waals surface area (Å²) in [4.78, 5) is 18.5. The number of likely N-dealkylation sites (N-methyl/N-ethyl adjacent to an activating group) is 1. The van der Waals surface area contributed by atoms with Gasteiger partial charge in [-0.2, -0.15) is 15.0 Å². The molecule has 0 spiro atoms. The van der Waals surface area contributed by atoms with Crippen molar-refractivity contribution in [1.29, 1.82) is 0 Å². The van der Waals surface area contributed by atoms with E-state index in [2.05, 4.69) is 32.0 Å². The van der Waals surface area contributed by atoms with Crippen molar-refractivity contribution in [3.05, 3.63) is 24.0 Å². The van der Waals surface area contributed by atoms with Gasteiger partial charge in [-0.1, -0.05) is 32.6 Å². The van der Waals surface area contributed by atoms with Gasteiger partial charge in [-0.15, -0.1) is 0 Å². The van der Waals surface area contributed by atoms with Gasteiger partial charge >= 0.3 is 0 Å². The molecule has 8 nitrogen and oxygen atoms in total. The summed E-state index contributed by atoms with van der Waals surface area (Å²) in [7, 11) is 1.44. The minimum Gasteiger partial charge on any atom is -0.494 e. The number of rotatable bonds is 8. The van der Waals surface area contributed by atoms with Crippen LogP contribution in [0.5, 0.6) is 5.75 Å². The van der Waals surface area contributed by atoms with E-state index in [-0.39, 0.29) is 11.7 Å². The van der Waals surface area contributed by atoms with E-state index in [4.69, 9.17) is 15.5 Å². The first-order valence-electron chi connectivity index (χ1n) is 12.2. The summed E-state index contributed by atoms with van der Waals surface area (Å²) in [5.74, 6) is 0.820. The Balaban J connectivity index is 1.61. The smallest absolute Gasteiger partial charge is 0.233 e. The van der Waals surface area contributed by atoms with Crippen LogP contribution in [0.3, 0.4) is 0 Å². The van der Waals surface area contributed by atoms with Crippen LogP contribution >= 0.6 is 0 Å². The van der Waals surface area contributed by atoms with Crippen molar-refractivity contribution in [2.75, 3.05) is 42.7 Å². The normalized spacial score (nSPS) is 19.9. The average Bonchev–Trinajstić information content (AvgIpc) is 3.08. The number of methoxy groups -OCH3 is 1.